The summed E-state index contributed by atoms with van der Waals surface area (Å²) in [5.41, 5.74) is 6.83. The van der Waals surface area contributed by atoms with Crippen LogP contribution in [0.4, 0.5) is 4.39 Å². The molecule has 1 nitrogen and oxygen atoms in total. The van der Waals surface area contributed by atoms with Gasteiger partial charge in [-0.2, -0.15) is 0 Å². The van der Waals surface area contributed by atoms with Gasteiger partial charge in [0.2, 0.25) is 0 Å². The average Bonchev–Trinajstić information content (AvgIpc) is 2.32. The molecule has 0 amide bonds. The Hall–Kier alpha value is -0.540. The third-order valence-corrected chi connectivity index (χ3v) is 2.98. The van der Waals surface area contributed by atoms with Crippen LogP contribution < -0.4 is 5.73 Å². The molecular weight excluding hydrogens is 161 g/mol. The molecule has 1 aliphatic rings. The van der Waals surface area contributed by atoms with Crippen molar-refractivity contribution in [1.82, 2.24) is 0 Å². The van der Waals surface area contributed by atoms with Crippen molar-refractivity contribution in [2.24, 2.45) is 5.73 Å². The van der Waals surface area contributed by atoms with Crippen molar-refractivity contribution in [3.05, 3.63) is 29.6 Å². The van der Waals surface area contributed by atoms with E-state index >= 15 is 0 Å². The van der Waals surface area contributed by atoms with E-state index in [1.165, 1.54) is 6.07 Å². The van der Waals surface area contributed by atoms with Crippen LogP contribution in [-0.4, -0.2) is 5.75 Å². The van der Waals surface area contributed by atoms with Gasteiger partial charge in [0.25, 0.3) is 0 Å². The van der Waals surface area contributed by atoms with Gasteiger partial charge in [0.1, 0.15) is 5.82 Å². The second kappa shape index (κ2) is 2.50. The van der Waals surface area contributed by atoms with E-state index in [1.807, 2.05) is 0 Å². The molecule has 0 saturated heterocycles. The van der Waals surface area contributed by atoms with Crippen LogP contribution in [0.2, 0.25) is 0 Å². The van der Waals surface area contributed by atoms with Gasteiger partial charge < -0.3 is 5.73 Å². The van der Waals surface area contributed by atoms with Crippen molar-refractivity contribution in [1.29, 1.82) is 0 Å². The fourth-order valence-electron chi connectivity index (χ4n) is 1.21. The summed E-state index contributed by atoms with van der Waals surface area (Å²) in [5, 5.41) is 0. The molecule has 0 aromatic heterocycles. The predicted octanol–water partition coefficient (Wildman–Crippen LogP) is 1.93. The van der Waals surface area contributed by atoms with E-state index in [1.54, 1.807) is 23.9 Å². The zero-order chi connectivity index (χ0) is 7.84. The van der Waals surface area contributed by atoms with E-state index < -0.39 is 0 Å². The van der Waals surface area contributed by atoms with Crippen molar-refractivity contribution >= 4 is 11.8 Å². The van der Waals surface area contributed by atoms with Gasteiger partial charge >= 0.3 is 0 Å². The zero-order valence-corrected chi connectivity index (χ0v) is 6.70. The second-order valence-corrected chi connectivity index (χ2v) is 3.66. The molecule has 0 saturated carbocycles. The van der Waals surface area contributed by atoms with Crippen LogP contribution in [0, 0.1) is 5.82 Å². The summed E-state index contributed by atoms with van der Waals surface area (Å²) in [5.74, 6) is 0.698. The Morgan fingerprint density at radius 2 is 2.36 bits per heavy atom. The van der Waals surface area contributed by atoms with Gasteiger partial charge in [-0.3, -0.25) is 0 Å². The summed E-state index contributed by atoms with van der Waals surface area (Å²) in [7, 11) is 0. The molecule has 0 aliphatic carbocycles. The second-order valence-electron chi connectivity index (χ2n) is 2.60. The maximum absolute atomic E-state index is 12.6. The van der Waals surface area contributed by atoms with Crippen LogP contribution in [0.15, 0.2) is 23.1 Å². The van der Waals surface area contributed by atoms with Crippen LogP contribution in [0.5, 0.6) is 0 Å². The SMILES string of the molecule is NC1CSc2cc(F)ccc21. The Bertz CT molecular complexity index is 287. The summed E-state index contributed by atoms with van der Waals surface area (Å²) in [6, 6.07) is 4.88. The summed E-state index contributed by atoms with van der Waals surface area (Å²) >= 11 is 1.63. The number of fused-ring (bicyclic) bond motifs is 1. The fourth-order valence-corrected chi connectivity index (χ4v) is 2.33. The normalized spacial score (nSPS) is 21.8. The van der Waals surface area contributed by atoms with E-state index in [2.05, 4.69) is 0 Å². The number of benzene rings is 1. The first kappa shape index (κ1) is 7.13. The Balaban J connectivity index is 2.50. The van der Waals surface area contributed by atoms with Crippen molar-refractivity contribution < 1.29 is 4.39 Å². The zero-order valence-electron chi connectivity index (χ0n) is 5.88. The lowest BCUT2D eigenvalue weighted by atomic mass is 10.1. The lowest BCUT2D eigenvalue weighted by molar-refractivity contribution is 0.622. The topological polar surface area (TPSA) is 26.0 Å². The lowest BCUT2D eigenvalue weighted by Gasteiger charge is -2.01. The monoisotopic (exact) mass is 169 g/mol. The molecule has 2 rings (SSSR count). The van der Waals surface area contributed by atoms with Crippen LogP contribution >= 0.6 is 11.8 Å². The minimum Gasteiger partial charge on any atom is -0.323 e. The van der Waals surface area contributed by atoms with Gasteiger partial charge in [0.15, 0.2) is 0 Å². The van der Waals surface area contributed by atoms with E-state index in [0.29, 0.717) is 0 Å². The highest BCUT2D eigenvalue weighted by molar-refractivity contribution is 7.99. The highest BCUT2D eigenvalue weighted by Gasteiger charge is 2.19. The summed E-state index contributed by atoms with van der Waals surface area (Å²) < 4.78 is 12.6. The molecule has 58 valence electrons. The minimum absolute atomic E-state index is 0.0931. The third kappa shape index (κ3) is 1.14. The maximum Gasteiger partial charge on any atom is 0.124 e. The molecule has 1 heterocycles. The molecule has 1 atom stereocenters. The summed E-state index contributed by atoms with van der Waals surface area (Å²) in [4.78, 5) is 0.998. The molecule has 11 heavy (non-hydrogen) atoms. The molecule has 0 fully saturated rings. The number of nitrogens with two attached hydrogens (primary N) is 1. The molecule has 1 unspecified atom stereocenters. The predicted molar refractivity (Wildman–Crippen MR) is 44.1 cm³/mol. The molecule has 0 radical (unpaired) electrons. The number of rotatable bonds is 0. The minimum atomic E-state index is -0.176. The van der Waals surface area contributed by atoms with Crippen LogP contribution in [0.25, 0.3) is 0 Å². The Morgan fingerprint density at radius 1 is 1.55 bits per heavy atom. The lowest BCUT2D eigenvalue weighted by Crippen LogP contribution is -2.08. The van der Waals surface area contributed by atoms with E-state index in [-0.39, 0.29) is 11.9 Å². The van der Waals surface area contributed by atoms with E-state index in [9.17, 15) is 4.39 Å². The smallest absolute Gasteiger partial charge is 0.124 e. The number of hydrogen-bond donors (Lipinski definition) is 1. The quantitative estimate of drug-likeness (QED) is 0.642. The number of thioether (sulfide) groups is 1. The van der Waals surface area contributed by atoms with Gasteiger partial charge in [-0.1, -0.05) is 6.07 Å². The van der Waals surface area contributed by atoms with E-state index in [4.69, 9.17) is 5.73 Å². The highest BCUT2D eigenvalue weighted by Crippen LogP contribution is 2.36. The van der Waals surface area contributed by atoms with Crippen molar-refractivity contribution in [3.8, 4) is 0 Å². The van der Waals surface area contributed by atoms with Crippen LogP contribution in [0.1, 0.15) is 11.6 Å². The molecule has 3 heteroatoms. The highest BCUT2D eigenvalue weighted by atomic mass is 32.2. The Morgan fingerprint density at radius 3 is 3.18 bits per heavy atom. The molecule has 1 aliphatic heterocycles. The molecule has 0 bridgehead atoms. The standard InChI is InChI=1S/C8H8FNS/c9-5-1-2-6-7(10)4-11-8(6)3-5/h1-3,7H,4,10H2. The Labute approximate surface area is 68.8 Å². The molecular formula is C8H8FNS. The maximum atomic E-state index is 12.6. The summed E-state index contributed by atoms with van der Waals surface area (Å²) in [6.07, 6.45) is 0. The van der Waals surface area contributed by atoms with Crippen molar-refractivity contribution in [2.45, 2.75) is 10.9 Å². The molecule has 1 aromatic rings. The van der Waals surface area contributed by atoms with Gasteiger partial charge in [-0.15, -0.1) is 11.8 Å². The first-order chi connectivity index (χ1) is 5.27. The first-order valence-corrected chi connectivity index (χ1v) is 4.44. The molecule has 1 aromatic carbocycles. The van der Waals surface area contributed by atoms with Crippen LogP contribution in [-0.2, 0) is 0 Å². The van der Waals surface area contributed by atoms with Gasteiger partial charge in [0.05, 0.1) is 0 Å². The van der Waals surface area contributed by atoms with Crippen molar-refractivity contribution in [2.75, 3.05) is 5.75 Å². The van der Waals surface area contributed by atoms with Gasteiger partial charge in [-0.25, -0.2) is 4.39 Å². The number of halogens is 1. The Kier molecular flexibility index (Phi) is 1.62. The van der Waals surface area contributed by atoms with Crippen LogP contribution in [0.3, 0.4) is 0 Å². The fraction of sp³-hybridized carbons (Fsp3) is 0.250. The van der Waals surface area contributed by atoms with Gasteiger partial charge in [-0.05, 0) is 17.7 Å². The van der Waals surface area contributed by atoms with Crippen molar-refractivity contribution in [3.63, 3.8) is 0 Å². The molecule has 2 N–H and O–H groups in total. The summed E-state index contributed by atoms with van der Waals surface area (Å²) in [6.45, 7) is 0. The largest absolute Gasteiger partial charge is 0.323 e. The molecule has 0 spiro atoms. The first-order valence-electron chi connectivity index (χ1n) is 3.45. The average molecular weight is 169 g/mol. The van der Waals surface area contributed by atoms with E-state index in [0.717, 1.165) is 16.2 Å². The number of hydrogen-bond acceptors (Lipinski definition) is 2. The van der Waals surface area contributed by atoms with Gasteiger partial charge in [0, 0.05) is 16.7 Å². The third-order valence-electron chi connectivity index (χ3n) is 1.79.